The van der Waals surface area contributed by atoms with Gasteiger partial charge in [-0.25, -0.2) is 9.78 Å². The molecule has 2 rings (SSSR count). The first kappa shape index (κ1) is 17.9. The highest BCUT2D eigenvalue weighted by molar-refractivity contribution is 7.13. The molecule has 0 bridgehead atoms. The van der Waals surface area contributed by atoms with E-state index in [2.05, 4.69) is 34.7 Å². The molecule has 0 aliphatic rings. The summed E-state index contributed by atoms with van der Waals surface area (Å²) in [5.74, 6) is -1.37. The van der Waals surface area contributed by atoms with Gasteiger partial charge >= 0.3 is 5.97 Å². The quantitative estimate of drug-likeness (QED) is 0.683. The standard InChI is InChI=1S/C17H21N3O3S/c1-3-11-5-7-12(8-6-11)18-17-19-13(10-24-17)9-15(21)20-14(4-2)16(22)23/h5-8,10,14H,3-4,9H2,1-2H3,(H,18,19)(H,20,21)(H,22,23). The van der Waals surface area contributed by atoms with Crippen LogP contribution in [0.3, 0.4) is 0 Å². The van der Waals surface area contributed by atoms with E-state index in [0.29, 0.717) is 17.2 Å². The van der Waals surface area contributed by atoms with Crippen LogP contribution < -0.4 is 10.6 Å². The number of aryl methyl sites for hydroxylation is 1. The molecule has 0 spiro atoms. The molecule has 7 heteroatoms. The lowest BCUT2D eigenvalue weighted by atomic mass is 10.1. The summed E-state index contributed by atoms with van der Waals surface area (Å²) >= 11 is 1.41. The summed E-state index contributed by atoms with van der Waals surface area (Å²) in [6.07, 6.45) is 1.40. The Balaban J connectivity index is 1.92. The second-order valence-corrected chi connectivity index (χ2v) is 6.22. The average Bonchev–Trinajstić information content (AvgIpc) is 2.99. The lowest BCUT2D eigenvalue weighted by Gasteiger charge is -2.11. The zero-order valence-corrected chi connectivity index (χ0v) is 14.5. The van der Waals surface area contributed by atoms with Crippen LogP contribution in [-0.2, 0) is 22.4 Å². The Labute approximate surface area is 144 Å². The van der Waals surface area contributed by atoms with E-state index in [1.807, 2.05) is 12.1 Å². The van der Waals surface area contributed by atoms with Crippen LogP contribution >= 0.6 is 11.3 Å². The van der Waals surface area contributed by atoms with Gasteiger partial charge in [0.2, 0.25) is 5.91 Å². The van der Waals surface area contributed by atoms with Crippen molar-refractivity contribution in [3.8, 4) is 0 Å². The molecule has 0 radical (unpaired) electrons. The number of aliphatic carboxylic acids is 1. The molecule has 1 unspecified atom stereocenters. The fourth-order valence-electron chi connectivity index (χ4n) is 2.14. The smallest absolute Gasteiger partial charge is 0.326 e. The zero-order chi connectivity index (χ0) is 17.5. The van der Waals surface area contributed by atoms with Gasteiger partial charge in [0.15, 0.2) is 5.13 Å². The van der Waals surface area contributed by atoms with Gasteiger partial charge in [-0.15, -0.1) is 11.3 Å². The van der Waals surface area contributed by atoms with E-state index < -0.39 is 12.0 Å². The normalized spacial score (nSPS) is 11.8. The average molecular weight is 347 g/mol. The number of thiazole rings is 1. The van der Waals surface area contributed by atoms with Crippen LogP contribution in [-0.4, -0.2) is 28.0 Å². The highest BCUT2D eigenvalue weighted by atomic mass is 32.1. The maximum Gasteiger partial charge on any atom is 0.326 e. The molecule has 1 atom stereocenters. The highest BCUT2D eigenvalue weighted by Crippen LogP contribution is 2.21. The number of carbonyl (C=O) groups is 2. The summed E-state index contributed by atoms with van der Waals surface area (Å²) in [7, 11) is 0. The first-order valence-corrected chi connectivity index (χ1v) is 8.72. The second-order valence-electron chi connectivity index (χ2n) is 5.36. The van der Waals surface area contributed by atoms with E-state index in [4.69, 9.17) is 5.11 Å². The molecule has 1 heterocycles. The summed E-state index contributed by atoms with van der Waals surface area (Å²) in [5.41, 5.74) is 2.82. The second kappa shape index (κ2) is 8.44. The van der Waals surface area contributed by atoms with Crippen molar-refractivity contribution in [2.24, 2.45) is 0 Å². The number of amides is 1. The molecule has 0 fully saturated rings. The van der Waals surface area contributed by atoms with Crippen molar-refractivity contribution >= 4 is 34.0 Å². The Kier molecular flexibility index (Phi) is 6.31. The molecule has 1 aromatic carbocycles. The molecular weight excluding hydrogens is 326 g/mol. The Hall–Kier alpha value is -2.41. The van der Waals surface area contributed by atoms with Gasteiger partial charge in [-0.05, 0) is 30.5 Å². The summed E-state index contributed by atoms with van der Waals surface area (Å²) in [4.78, 5) is 27.2. The molecular formula is C17H21N3O3S. The maximum atomic E-state index is 11.9. The van der Waals surface area contributed by atoms with Crippen LogP contribution in [0.2, 0.25) is 0 Å². The van der Waals surface area contributed by atoms with Gasteiger partial charge in [0.25, 0.3) is 0 Å². The number of nitrogens with zero attached hydrogens (tertiary/aromatic N) is 1. The number of hydrogen-bond acceptors (Lipinski definition) is 5. The van der Waals surface area contributed by atoms with Crippen molar-refractivity contribution in [1.82, 2.24) is 10.3 Å². The molecule has 2 aromatic rings. The largest absolute Gasteiger partial charge is 0.480 e. The van der Waals surface area contributed by atoms with Gasteiger partial charge < -0.3 is 15.7 Å². The minimum Gasteiger partial charge on any atom is -0.480 e. The van der Waals surface area contributed by atoms with Gasteiger partial charge in [-0.2, -0.15) is 0 Å². The number of carboxylic acids is 1. The van der Waals surface area contributed by atoms with Gasteiger partial charge in [0.05, 0.1) is 12.1 Å². The number of anilines is 2. The molecule has 24 heavy (non-hydrogen) atoms. The van der Waals surface area contributed by atoms with Crippen LogP contribution in [0.1, 0.15) is 31.5 Å². The number of carboxylic acid groups (broad SMARTS) is 1. The number of benzene rings is 1. The topological polar surface area (TPSA) is 91.3 Å². The van der Waals surface area contributed by atoms with Crippen LogP contribution in [0, 0.1) is 0 Å². The number of nitrogens with one attached hydrogen (secondary N) is 2. The van der Waals surface area contributed by atoms with E-state index in [1.54, 1.807) is 12.3 Å². The first-order chi connectivity index (χ1) is 11.5. The summed E-state index contributed by atoms with van der Waals surface area (Å²) < 4.78 is 0. The molecule has 128 valence electrons. The first-order valence-electron chi connectivity index (χ1n) is 7.84. The molecule has 0 aliphatic carbocycles. The lowest BCUT2D eigenvalue weighted by Crippen LogP contribution is -2.41. The predicted octanol–water partition coefficient (Wildman–Crippen LogP) is 2.97. The molecule has 1 aromatic heterocycles. The monoisotopic (exact) mass is 347 g/mol. The minimum absolute atomic E-state index is 0.0662. The van der Waals surface area contributed by atoms with Gasteiger partial charge in [0.1, 0.15) is 6.04 Å². The van der Waals surface area contributed by atoms with Gasteiger partial charge in [-0.3, -0.25) is 4.79 Å². The SMILES string of the molecule is CCc1ccc(Nc2nc(CC(=O)NC(CC)C(=O)O)cs2)cc1. The third kappa shape index (κ3) is 5.06. The zero-order valence-electron chi connectivity index (χ0n) is 13.7. The van der Waals surface area contributed by atoms with Crippen molar-refractivity contribution < 1.29 is 14.7 Å². The fraction of sp³-hybridized carbons (Fsp3) is 0.353. The number of hydrogen-bond donors (Lipinski definition) is 3. The van der Waals surface area contributed by atoms with E-state index in [0.717, 1.165) is 12.1 Å². The minimum atomic E-state index is -1.03. The number of carbonyl (C=O) groups excluding carboxylic acids is 1. The predicted molar refractivity (Wildman–Crippen MR) is 94.8 cm³/mol. The van der Waals surface area contributed by atoms with Crippen molar-refractivity contribution in [2.45, 2.75) is 39.2 Å². The summed E-state index contributed by atoms with van der Waals surface area (Å²) in [6, 6.07) is 7.24. The molecule has 0 saturated carbocycles. The van der Waals surface area contributed by atoms with Crippen LogP contribution in [0.15, 0.2) is 29.6 Å². The molecule has 0 aliphatic heterocycles. The molecule has 3 N–H and O–H groups in total. The Morgan fingerprint density at radius 1 is 1.25 bits per heavy atom. The third-order valence-electron chi connectivity index (χ3n) is 3.55. The highest BCUT2D eigenvalue weighted by Gasteiger charge is 2.18. The van der Waals surface area contributed by atoms with E-state index >= 15 is 0 Å². The van der Waals surface area contributed by atoms with Gasteiger partial charge in [-0.1, -0.05) is 26.0 Å². The van der Waals surface area contributed by atoms with Crippen LogP contribution in [0.25, 0.3) is 0 Å². The summed E-state index contributed by atoms with van der Waals surface area (Å²) in [6.45, 7) is 3.82. The third-order valence-corrected chi connectivity index (χ3v) is 4.35. The molecule has 1 amide bonds. The lowest BCUT2D eigenvalue weighted by molar-refractivity contribution is -0.141. The molecule has 6 nitrogen and oxygen atoms in total. The van der Waals surface area contributed by atoms with Crippen LogP contribution in [0.5, 0.6) is 0 Å². The Morgan fingerprint density at radius 2 is 1.96 bits per heavy atom. The summed E-state index contributed by atoms with van der Waals surface area (Å²) in [5, 5.41) is 17.1. The maximum absolute atomic E-state index is 11.9. The number of aromatic nitrogens is 1. The van der Waals surface area contributed by atoms with Crippen molar-refractivity contribution in [1.29, 1.82) is 0 Å². The number of rotatable bonds is 8. The van der Waals surface area contributed by atoms with Gasteiger partial charge in [0, 0.05) is 11.1 Å². The van der Waals surface area contributed by atoms with Crippen molar-refractivity contribution in [3.05, 3.63) is 40.9 Å². The van der Waals surface area contributed by atoms with E-state index in [-0.39, 0.29) is 12.3 Å². The molecule has 0 saturated heterocycles. The van der Waals surface area contributed by atoms with E-state index in [9.17, 15) is 9.59 Å². The van der Waals surface area contributed by atoms with E-state index in [1.165, 1.54) is 16.9 Å². The van der Waals surface area contributed by atoms with Crippen molar-refractivity contribution in [2.75, 3.05) is 5.32 Å². The Bertz CT molecular complexity index is 697. The Morgan fingerprint density at radius 3 is 2.54 bits per heavy atom. The van der Waals surface area contributed by atoms with Crippen molar-refractivity contribution in [3.63, 3.8) is 0 Å². The van der Waals surface area contributed by atoms with Crippen LogP contribution in [0.4, 0.5) is 10.8 Å². The fourth-order valence-corrected chi connectivity index (χ4v) is 2.87.